The van der Waals surface area contributed by atoms with Crippen molar-refractivity contribution in [2.45, 2.75) is 24.3 Å². The molecular formula is C18H17ClN2O5S. The van der Waals surface area contributed by atoms with Crippen LogP contribution >= 0.6 is 11.6 Å². The SMILES string of the molecule is C[C@@H]1Cc2ccccc2N1C(=O)COC(=O)c1ccc(Cl)c(S(N)(=O)=O)c1. The van der Waals surface area contributed by atoms with Crippen LogP contribution in [0.3, 0.4) is 0 Å². The number of carbonyl (C=O) groups is 2. The Bertz CT molecular complexity index is 1020. The van der Waals surface area contributed by atoms with Crippen molar-refractivity contribution in [3.63, 3.8) is 0 Å². The third kappa shape index (κ3) is 3.97. The van der Waals surface area contributed by atoms with E-state index in [2.05, 4.69) is 0 Å². The number of hydrogen-bond acceptors (Lipinski definition) is 5. The van der Waals surface area contributed by atoms with Crippen LogP contribution in [0.15, 0.2) is 47.4 Å². The first-order valence-corrected chi connectivity index (χ1v) is 10.0. The normalized spacial score (nSPS) is 16.1. The lowest BCUT2D eigenvalue weighted by Crippen LogP contribution is -2.38. The molecule has 7 nitrogen and oxygen atoms in total. The van der Waals surface area contributed by atoms with Gasteiger partial charge in [-0.2, -0.15) is 0 Å². The van der Waals surface area contributed by atoms with E-state index in [-0.39, 0.29) is 27.4 Å². The summed E-state index contributed by atoms with van der Waals surface area (Å²) in [5.41, 5.74) is 1.79. The van der Waals surface area contributed by atoms with Gasteiger partial charge in [0.15, 0.2) is 6.61 Å². The molecule has 0 radical (unpaired) electrons. The predicted molar refractivity (Wildman–Crippen MR) is 100 cm³/mol. The monoisotopic (exact) mass is 408 g/mol. The van der Waals surface area contributed by atoms with Crippen molar-refractivity contribution in [2.75, 3.05) is 11.5 Å². The summed E-state index contributed by atoms with van der Waals surface area (Å²) in [5.74, 6) is -1.20. The number of ether oxygens (including phenoxy) is 1. The summed E-state index contributed by atoms with van der Waals surface area (Å²) >= 11 is 5.79. The number of rotatable bonds is 4. The van der Waals surface area contributed by atoms with Gasteiger partial charge in [-0.05, 0) is 43.2 Å². The highest BCUT2D eigenvalue weighted by atomic mass is 35.5. The lowest BCUT2D eigenvalue weighted by molar-refractivity contribution is -0.122. The number of hydrogen-bond donors (Lipinski definition) is 1. The third-order valence-corrected chi connectivity index (χ3v) is 5.67. The maximum atomic E-state index is 12.5. The van der Waals surface area contributed by atoms with E-state index in [9.17, 15) is 18.0 Å². The highest BCUT2D eigenvalue weighted by Gasteiger charge is 2.31. The van der Waals surface area contributed by atoms with Gasteiger partial charge >= 0.3 is 5.97 Å². The fourth-order valence-corrected chi connectivity index (χ4v) is 4.15. The molecular weight excluding hydrogens is 392 g/mol. The standard InChI is InChI=1S/C18H17ClN2O5S/c1-11-8-12-4-2-3-5-15(12)21(11)17(22)10-26-18(23)13-6-7-14(19)16(9-13)27(20,24)25/h2-7,9,11H,8,10H2,1H3,(H2,20,24,25)/t11-/m1/s1. The Balaban J connectivity index is 1.72. The van der Waals surface area contributed by atoms with Crippen LogP contribution in [0.2, 0.25) is 5.02 Å². The van der Waals surface area contributed by atoms with Gasteiger partial charge in [0.1, 0.15) is 4.90 Å². The van der Waals surface area contributed by atoms with Crippen molar-refractivity contribution >= 4 is 39.2 Å². The molecule has 1 aliphatic rings. The molecule has 1 atom stereocenters. The first kappa shape index (κ1) is 19.3. The van der Waals surface area contributed by atoms with Crippen molar-refractivity contribution in [3.8, 4) is 0 Å². The molecule has 2 N–H and O–H groups in total. The maximum Gasteiger partial charge on any atom is 0.338 e. The van der Waals surface area contributed by atoms with Gasteiger partial charge < -0.3 is 9.64 Å². The molecule has 142 valence electrons. The second-order valence-corrected chi connectivity index (χ2v) is 8.15. The number of para-hydroxylation sites is 1. The van der Waals surface area contributed by atoms with Gasteiger partial charge in [-0.1, -0.05) is 29.8 Å². The molecule has 0 fully saturated rings. The number of carbonyl (C=O) groups excluding carboxylic acids is 2. The number of esters is 1. The average molecular weight is 409 g/mol. The summed E-state index contributed by atoms with van der Waals surface area (Å²) < 4.78 is 28.1. The topological polar surface area (TPSA) is 107 Å². The molecule has 0 bridgehead atoms. The van der Waals surface area contributed by atoms with Gasteiger partial charge in [0.25, 0.3) is 5.91 Å². The van der Waals surface area contributed by atoms with Gasteiger partial charge in [-0.25, -0.2) is 18.4 Å². The van der Waals surface area contributed by atoms with Crippen LogP contribution in [0.1, 0.15) is 22.8 Å². The molecule has 9 heteroatoms. The minimum absolute atomic E-state index is 0.0434. The molecule has 0 aromatic heterocycles. The fourth-order valence-electron chi connectivity index (χ4n) is 3.07. The third-order valence-electron chi connectivity index (χ3n) is 4.28. The molecule has 0 saturated heterocycles. The Morgan fingerprint density at radius 1 is 1.26 bits per heavy atom. The van der Waals surface area contributed by atoms with Gasteiger partial charge in [-0.15, -0.1) is 0 Å². The van der Waals surface area contributed by atoms with Gasteiger partial charge in [0.2, 0.25) is 10.0 Å². The van der Waals surface area contributed by atoms with Crippen LogP contribution in [0.5, 0.6) is 0 Å². The molecule has 1 aliphatic heterocycles. The van der Waals surface area contributed by atoms with E-state index in [0.29, 0.717) is 0 Å². The molecule has 2 aromatic rings. The summed E-state index contributed by atoms with van der Waals surface area (Å²) in [7, 11) is -4.09. The summed E-state index contributed by atoms with van der Waals surface area (Å²) in [4.78, 5) is 26.0. The van der Waals surface area contributed by atoms with Crippen LogP contribution in [-0.4, -0.2) is 32.9 Å². The van der Waals surface area contributed by atoms with Crippen LogP contribution in [0.4, 0.5) is 5.69 Å². The highest BCUT2D eigenvalue weighted by Crippen LogP contribution is 2.31. The van der Waals surface area contributed by atoms with Gasteiger partial charge in [-0.3, -0.25) is 4.79 Å². The number of amides is 1. The van der Waals surface area contributed by atoms with Crippen molar-refractivity contribution in [1.29, 1.82) is 0 Å². The number of sulfonamides is 1. The first-order valence-electron chi connectivity index (χ1n) is 8.08. The number of nitrogens with zero attached hydrogens (tertiary/aromatic N) is 1. The smallest absolute Gasteiger partial charge is 0.338 e. The Hall–Kier alpha value is -2.42. The first-order chi connectivity index (χ1) is 12.7. The van der Waals surface area contributed by atoms with E-state index in [1.807, 2.05) is 31.2 Å². The van der Waals surface area contributed by atoms with Crippen LogP contribution < -0.4 is 10.0 Å². The van der Waals surface area contributed by atoms with Crippen LogP contribution in [-0.2, 0) is 26.0 Å². The average Bonchev–Trinajstić information content (AvgIpc) is 2.94. The van der Waals surface area contributed by atoms with Crippen molar-refractivity contribution < 1.29 is 22.7 Å². The molecule has 0 saturated carbocycles. The minimum atomic E-state index is -4.09. The van der Waals surface area contributed by atoms with E-state index in [1.54, 1.807) is 4.90 Å². The molecule has 27 heavy (non-hydrogen) atoms. The number of benzene rings is 2. The second-order valence-electron chi connectivity index (χ2n) is 6.21. The molecule has 1 heterocycles. The van der Waals surface area contributed by atoms with Crippen LogP contribution in [0.25, 0.3) is 0 Å². The predicted octanol–water partition coefficient (Wildman–Crippen LogP) is 2.12. The fraction of sp³-hybridized carbons (Fsp3) is 0.222. The van der Waals surface area contributed by atoms with E-state index in [1.165, 1.54) is 12.1 Å². The zero-order chi connectivity index (χ0) is 19.8. The largest absolute Gasteiger partial charge is 0.452 e. The Kier molecular flexibility index (Phi) is 5.23. The number of halogens is 1. The van der Waals surface area contributed by atoms with Gasteiger partial charge in [0.05, 0.1) is 10.6 Å². The second kappa shape index (κ2) is 7.30. The van der Waals surface area contributed by atoms with E-state index < -0.39 is 22.6 Å². The number of anilines is 1. The molecule has 1 amide bonds. The van der Waals surface area contributed by atoms with Crippen molar-refractivity contribution in [2.24, 2.45) is 5.14 Å². The summed E-state index contributed by atoms with van der Waals surface area (Å²) in [6.07, 6.45) is 0.727. The molecule has 0 aliphatic carbocycles. The van der Waals surface area contributed by atoms with E-state index in [4.69, 9.17) is 21.5 Å². The summed E-state index contributed by atoms with van der Waals surface area (Å²) in [6.45, 7) is 1.45. The highest BCUT2D eigenvalue weighted by molar-refractivity contribution is 7.89. The van der Waals surface area contributed by atoms with Crippen molar-refractivity contribution in [1.82, 2.24) is 0 Å². The van der Waals surface area contributed by atoms with Gasteiger partial charge in [0, 0.05) is 11.7 Å². The molecule has 0 unspecified atom stereocenters. The number of nitrogens with two attached hydrogens (primary N) is 1. The zero-order valence-corrected chi connectivity index (χ0v) is 16.0. The quantitative estimate of drug-likeness (QED) is 0.780. The van der Waals surface area contributed by atoms with Crippen LogP contribution in [0, 0.1) is 0 Å². The minimum Gasteiger partial charge on any atom is -0.452 e. The zero-order valence-electron chi connectivity index (χ0n) is 14.4. The number of primary sulfonamides is 1. The summed E-state index contributed by atoms with van der Waals surface area (Å²) in [5, 5.41) is 4.96. The maximum absolute atomic E-state index is 12.5. The lowest BCUT2D eigenvalue weighted by Gasteiger charge is -2.22. The Morgan fingerprint density at radius 2 is 1.96 bits per heavy atom. The summed E-state index contributed by atoms with van der Waals surface area (Å²) in [6, 6.07) is 11.1. The van der Waals surface area contributed by atoms with E-state index in [0.717, 1.165) is 23.7 Å². The molecule has 3 rings (SSSR count). The molecule has 2 aromatic carbocycles. The lowest BCUT2D eigenvalue weighted by atomic mass is 10.1. The van der Waals surface area contributed by atoms with Crippen molar-refractivity contribution in [3.05, 3.63) is 58.6 Å². The number of fused-ring (bicyclic) bond motifs is 1. The Morgan fingerprint density at radius 3 is 2.67 bits per heavy atom. The molecule has 0 spiro atoms. The Labute approximate surface area is 161 Å². The van der Waals surface area contributed by atoms with E-state index >= 15 is 0 Å².